The zero-order chi connectivity index (χ0) is 17.3. The van der Waals surface area contributed by atoms with Crippen molar-refractivity contribution in [3.63, 3.8) is 0 Å². The Morgan fingerprint density at radius 3 is 2.79 bits per heavy atom. The number of Topliss-reactive ketones (excluding diaryl/α,β-unsaturated/α-hetero) is 1. The zero-order valence-electron chi connectivity index (χ0n) is 12.7. The molecule has 0 bridgehead atoms. The summed E-state index contributed by atoms with van der Waals surface area (Å²) < 4.78 is 0. The van der Waals surface area contributed by atoms with Gasteiger partial charge in [0.1, 0.15) is 11.6 Å². The van der Waals surface area contributed by atoms with Crippen LogP contribution in [0.15, 0.2) is 36.8 Å². The smallest absolute Gasteiger partial charge is 0.328 e. The Hall–Kier alpha value is -2.80. The van der Waals surface area contributed by atoms with E-state index in [1.165, 1.54) is 24.7 Å². The quantitative estimate of drug-likeness (QED) is 0.680. The molecule has 1 aromatic carbocycles. The highest BCUT2D eigenvalue weighted by atomic mass is 35.5. The average Bonchev–Trinajstić information content (AvgIpc) is 2.86. The number of nitrogens with zero attached hydrogens (tertiary/aromatic N) is 3. The molecule has 3 rings (SSSR count). The molecule has 0 saturated heterocycles. The first-order valence-electron chi connectivity index (χ1n) is 7.26. The second-order valence-electron chi connectivity index (χ2n) is 5.10. The molecule has 1 unspecified atom stereocenters. The van der Waals surface area contributed by atoms with Crippen LogP contribution < -0.4 is 10.2 Å². The molecule has 7 nitrogen and oxygen atoms in total. The van der Waals surface area contributed by atoms with Gasteiger partial charge in [-0.15, -0.1) is 0 Å². The minimum absolute atomic E-state index is 0.0551. The van der Waals surface area contributed by atoms with Crippen LogP contribution in [-0.2, 0) is 4.79 Å². The number of hydrogen-bond acceptors (Lipinski definition) is 5. The van der Waals surface area contributed by atoms with Crippen molar-refractivity contribution in [1.29, 1.82) is 0 Å². The summed E-state index contributed by atoms with van der Waals surface area (Å²) in [6.07, 6.45) is 4.08. The lowest BCUT2D eigenvalue weighted by atomic mass is 9.94. The summed E-state index contributed by atoms with van der Waals surface area (Å²) in [7, 11) is 0. The van der Waals surface area contributed by atoms with E-state index in [-0.39, 0.29) is 5.69 Å². The fourth-order valence-corrected chi connectivity index (χ4v) is 2.79. The van der Waals surface area contributed by atoms with Gasteiger partial charge >= 0.3 is 6.03 Å². The van der Waals surface area contributed by atoms with E-state index in [2.05, 4.69) is 15.3 Å². The maximum Gasteiger partial charge on any atom is 0.328 e. The maximum absolute atomic E-state index is 12.8. The number of benzene rings is 1. The average molecular weight is 345 g/mol. The molecule has 0 fully saturated rings. The highest BCUT2D eigenvalue weighted by Gasteiger charge is 2.45. The third-order valence-electron chi connectivity index (χ3n) is 3.62. The standard InChI is InChI=1S/C16H13ClN4O3/c1-2-19-16(24)21-12-4-3-9(17)7-10(12)13(15(21)23)14(22)11-8-18-5-6-20-11/h3-8,13H,2H2,1H3,(H,19,24). The fourth-order valence-electron chi connectivity index (χ4n) is 2.61. The normalized spacial score (nSPS) is 16.0. The third-order valence-corrected chi connectivity index (χ3v) is 3.85. The highest BCUT2D eigenvalue weighted by molar-refractivity contribution is 6.33. The lowest BCUT2D eigenvalue weighted by Crippen LogP contribution is -2.43. The molecule has 8 heteroatoms. The van der Waals surface area contributed by atoms with E-state index in [4.69, 9.17) is 11.6 Å². The van der Waals surface area contributed by atoms with Gasteiger partial charge in [0.05, 0.1) is 11.9 Å². The van der Waals surface area contributed by atoms with Gasteiger partial charge in [-0.25, -0.2) is 14.7 Å². The number of imide groups is 1. The Bertz CT molecular complexity index is 825. The fraction of sp³-hybridized carbons (Fsp3) is 0.188. The van der Waals surface area contributed by atoms with E-state index in [0.717, 1.165) is 4.90 Å². The van der Waals surface area contributed by atoms with Gasteiger partial charge in [0.15, 0.2) is 5.78 Å². The topological polar surface area (TPSA) is 92.3 Å². The summed E-state index contributed by atoms with van der Waals surface area (Å²) in [5, 5.41) is 2.94. The van der Waals surface area contributed by atoms with Crippen LogP contribution in [-0.4, -0.2) is 34.2 Å². The van der Waals surface area contributed by atoms with Crippen LogP contribution >= 0.6 is 11.6 Å². The van der Waals surface area contributed by atoms with Crippen LogP contribution in [0.2, 0.25) is 5.02 Å². The summed E-state index contributed by atoms with van der Waals surface area (Å²) in [6, 6.07) is 4.05. The Kier molecular flexibility index (Phi) is 4.26. The minimum atomic E-state index is -1.17. The van der Waals surface area contributed by atoms with E-state index in [1.54, 1.807) is 19.1 Å². The summed E-state index contributed by atoms with van der Waals surface area (Å²) in [4.78, 5) is 46.5. The second kappa shape index (κ2) is 6.37. The molecule has 2 heterocycles. The van der Waals surface area contributed by atoms with Crippen molar-refractivity contribution in [2.45, 2.75) is 12.8 Å². The molecule has 122 valence electrons. The Morgan fingerprint density at radius 2 is 2.12 bits per heavy atom. The van der Waals surface area contributed by atoms with E-state index < -0.39 is 23.6 Å². The number of fused-ring (bicyclic) bond motifs is 1. The number of ketones is 1. The van der Waals surface area contributed by atoms with Crippen LogP contribution in [0.5, 0.6) is 0 Å². The number of halogens is 1. The summed E-state index contributed by atoms with van der Waals surface area (Å²) in [6.45, 7) is 2.09. The molecule has 0 saturated carbocycles. The van der Waals surface area contributed by atoms with Crippen molar-refractivity contribution < 1.29 is 14.4 Å². The predicted octanol–water partition coefficient (Wildman–Crippen LogP) is 2.17. The van der Waals surface area contributed by atoms with Crippen LogP contribution in [0.1, 0.15) is 28.9 Å². The molecule has 24 heavy (non-hydrogen) atoms. The van der Waals surface area contributed by atoms with Gasteiger partial charge in [0.2, 0.25) is 0 Å². The van der Waals surface area contributed by atoms with Gasteiger partial charge in [0.25, 0.3) is 5.91 Å². The molecule has 3 amide bonds. The minimum Gasteiger partial charge on any atom is -0.338 e. The molecule has 2 aromatic rings. The van der Waals surface area contributed by atoms with Crippen molar-refractivity contribution in [2.75, 3.05) is 11.4 Å². The van der Waals surface area contributed by atoms with E-state index >= 15 is 0 Å². The summed E-state index contributed by atoms with van der Waals surface area (Å²) >= 11 is 6.01. The van der Waals surface area contributed by atoms with Gasteiger partial charge in [-0.1, -0.05) is 11.6 Å². The molecule has 1 aromatic heterocycles. The van der Waals surface area contributed by atoms with E-state index in [9.17, 15) is 14.4 Å². The molecule has 1 atom stereocenters. The molecular weight excluding hydrogens is 332 g/mol. The number of urea groups is 1. The first kappa shape index (κ1) is 16.1. The predicted molar refractivity (Wildman–Crippen MR) is 87.1 cm³/mol. The molecule has 0 radical (unpaired) electrons. The molecule has 0 spiro atoms. The van der Waals surface area contributed by atoms with Gasteiger partial charge < -0.3 is 5.32 Å². The molecule has 1 N–H and O–H groups in total. The second-order valence-corrected chi connectivity index (χ2v) is 5.54. The number of amides is 3. The Morgan fingerprint density at radius 1 is 1.33 bits per heavy atom. The number of aromatic nitrogens is 2. The first-order valence-corrected chi connectivity index (χ1v) is 7.64. The lowest BCUT2D eigenvalue weighted by Gasteiger charge is -2.16. The molecule has 1 aliphatic heterocycles. The number of carbonyl (C=O) groups excluding carboxylic acids is 3. The van der Waals surface area contributed by atoms with Crippen molar-refractivity contribution in [3.05, 3.63) is 53.1 Å². The van der Waals surface area contributed by atoms with Gasteiger partial charge in [0, 0.05) is 24.0 Å². The summed E-state index contributed by atoms with van der Waals surface area (Å²) in [5.74, 6) is -2.32. The number of hydrogen-bond donors (Lipinski definition) is 1. The zero-order valence-corrected chi connectivity index (χ0v) is 13.4. The van der Waals surface area contributed by atoms with Gasteiger partial charge in [-0.2, -0.15) is 0 Å². The maximum atomic E-state index is 12.8. The molecule has 1 aliphatic rings. The number of nitrogens with one attached hydrogen (secondary N) is 1. The van der Waals surface area contributed by atoms with E-state index in [0.29, 0.717) is 22.8 Å². The largest absolute Gasteiger partial charge is 0.338 e. The van der Waals surface area contributed by atoms with Gasteiger partial charge in [-0.05, 0) is 30.7 Å². The van der Waals surface area contributed by atoms with Crippen molar-refractivity contribution in [1.82, 2.24) is 15.3 Å². The van der Waals surface area contributed by atoms with E-state index in [1.807, 2.05) is 0 Å². The highest BCUT2D eigenvalue weighted by Crippen LogP contribution is 2.40. The summed E-state index contributed by atoms with van der Waals surface area (Å²) in [5.41, 5.74) is 0.784. The van der Waals surface area contributed by atoms with Crippen LogP contribution in [0, 0.1) is 0 Å². The van der Waals surface area contributed by atoms with Crippen molar-refractivity contribution >= 4 is 35.0 Å². The van der Waals surface area contributed by atoms with Crippen molar-refractivity contribution in [2.24, 2.45) is 0 Å². The lowest BCUT2D eigenvalue weighted by molar-refractivity contribution is -0.117. The van der Waals surface area contributed by atoms with Crippen LogP contribution in [0.4, 0.5) is 10.5 Å². The van der Waals surface area contributed by atoms with Crippen LogP contribution in [0.3, 0.4) is 0 Å². The van der Waals surface area contributed by atoms with Crippen molar-refractivity contribution in [3.8, 4) is 0 Å². The monoisotopic (exact) mass is 344 g/mol. The first-order chi connectivity index (χ1) is 11.5. The SMILES string of the molecule is CCNC(=O)N1C(=O)C(C(=O)c2cnccn2)c2cc(Cl)ccc21. The number of carbonyl (C=O) groups is 3. The molecular formula is C16H13ClN4O3. The Balaban J connectivity index is 2.08. The third kappa shape index (κ3) is 2.63. The van der Waals surface area contributed by atoms with Gasteiger partial charge in [-0.3, -0.25) is 14.6 Å². The van der Waals surface area contributed by atoms with Crippen LogP contribution in [0.25, 0.3) is 0 Å². The molecule has 0 aliphatic carbocycles. The Labute approximate surface area is 142 Å². The number of rotatable bonds is 3. The number of anilines is 1.